The number of rotatable bonds is 7. The third-order valence-electron chi connectivity index (χ3n) is 5.31. The Hall–Kier alpha value is -3.39. The van der Waals surface area contributed by atoms with Crippen molar-refractivity contribution < 1.29 is 14.3 Å². The molecular weight excluding hydrogens is 505 g/mol. The number of methoxy groups -OCH3 is 1. The van der Waals surface area contributed by atoms with E-state index in [9.17, 15) is 4.79 Å². The minimum absolute atomic E-state index is 0. The van der Waals surface area contributed by atoms with Gasteiger partial charge in [0.25, 0.3) is 0 Å². The number of aromatic amines is 1. The smallest absolute Gasteiger partial charge is 0.340 e. The van der Waals surface area contributed by atoms with Crippen LogP contribution < -0.4 is 4.74 Å². The molecule has 2 heterocycles. The van der Waals surface area contributed by atoms with Gasteiger partial charge in [-0.3, -0.25) is 0 Å². The molecule has 0 atom stereocenters. The first-order valence-corrected chi connectivity index (χ1v) is 11.8. The molecule has 0 saturated heterocycles. The van der Waals surface area contributed by atoms with E-state index in [0.717, 1.165) is 27.4 Å². The molecule has 1 N–H and O–H groups in total. The summed E-state index contributed by atoms with van der Waals surface area (Å²) < 4.78 is 11.0. The second-order valence-corrected chi connectivity index (χ2v) is 8.99. The van der Waals surface area contributed by atoms with Crippen molar-refractivity contribution in [1.82, 2.24) is 15.0 Å². The lowest BCUT2D eigenvalue weighted by Crippen LogP contribution is -2.01. The van der Waals surface area contributed by atoms with Gasteiger partial charge in [-0.2, -0.15) is 0 Å². The fourth-order valence-corrected chi connectivity index (χ4v) is 4.65. The molecule has 0 saturated carbocycles. The quantitative estimate of drug-likeness (QED) is 0.238. The number of halogens is 2. The first-order chi connectivity index (χ1) is 16.6. The third-order valence-corrected chi connectivity index (χ3v) is 6.40. The van der Waals surface area contributed by atoms with Crippen LogP contribution in [0.1, 0.15) is 26.5 Å². The lowest BCUT2D eigenvalue weighted by Gasteiger charge is -2.11. The number of nitrogens with one attached hydrogen (secondary N) is 1. The minimum atomic E-state index is -0.424. The van der Waals surface area contributed by atoms with Gasteiger partial charge in [-0.1, -0.05) is 48.0 Å². The first-order valence-electron chi connectivity index (χ1n) is 10.6. The number of ether oxygens (including phenoxy) is 2. The maximum Gasteiger partial charge on any atom is 0.340 e. The Kier molecular flexibility index (Phi) is 7.70. The highest BCUT2D eigenvalue weighted by Gasteiger charge is 2.17. The van der Waals surface area contributed by atoms with Crippen molar-refractivity contribution in [2.24, 2.45) is 0 Å². The molecule has 0 fully saturated rings. The molecule has 6 nitrogen and oxygen atoms in total. The van der Waals surface area contributed by atoms with Crippen molar-refractivity contribution >= 4 is 52.3 Å². The summed E-state index contributed by atoms with van der Waals surface area (Å²) in [5.41, 5.74) is 4.49. The highest BCUT2D eigenvalue weighted by Crippen LogP contribution is 2.30. The molecule has 0 aliphatic heterocycles. The Balaban J connectivity index is 0.00000289. The van der Waals surface area contributed by atoms with E-state index >= 15 is 0 Å². The lowest BCUT2D eigenvalue weighted by molar-refractivity contribution is 0.0603. The topological polar surface area (TPSA) is 77.1 Å². The fraction of sp³-hybridized carbons (Fsp3) is 0.115. The largest absolute Gasteiger partial charge is 0.489 e. The summed E-state index contributed by atoms with van der Waals surface area (Å²) in [7, 11) is 1.36. The molecule has 3 aromatic carbocycles. The second-order valence-electron chi connectivity index (χ2n) is 7.61. The van der Waals surface area contributed by atoms with Crippen molar-refractivity contribution in [3.63, 3.8) is 0 Å². The van der Waals surface area contributed by atoms with Crippen LogP contribution in [0, 0.1) is 0 Å². The highest BCUT2D eigenvalue weighted by molar-refractivity contribution is 7.10. The summed E-state index contributed by atoms with van der Waals surface area (Å²) in [5.74, 6) is 0.948. The number of benzene rings is 3. The van der Waals surface area contributed by atoms with Gasteiger partial charge in [0.1, 0.15) is 23.6 Å². The summed E-state index contributed by atoms with van der Waals surface area (Å²) >= 11 is 7.81. The van der Waals surface area contributed by atoms with E-state index in [1.165, 1.54) is 18.4 Å². The van der Waals surface area contributed by atoms with Crippen molar-refractivity contribution in [2.45, 2.75) is 13.0 Å². The zero-order chi connectivity index (χ0) is 23.5. The molecule has 0 aliphatic rings. The number of imidazole rings is 1. The fourth-order valence-electron chi connectivity index (χ4n) is 3.65. The molecule has 0 aliphatic carbocycles. The van der Waals surface area contributed by atoms with Gasteiger partial charge in [-0.05, 0) is 35.9 Å². The normalized spacial score (nSPS) is 10.7. The SMILES string of the molecule is COC(=O)c1cccc2[nH]c(-c3csc(Cc4cc(Cl)ccc4OCc4ccccc4)n3)nc12.Cl. The van der Waals surface area contributed by atoms with Gasteiger partial charge < -0.3 is 14.5 Å². The number of nitrogens with zero attached hydrogens (tertiary/aromatic N) is 2. The number of hydrogen-bond acceptors (Lipinski definition) is 6. The Bertz CT molecular complexity index is 1470. The standard InChI is InChI=1S/C26H20ClN3O3S.ClH/c1-32-26(31)19-8-5-9-20-24(19)30-25(29-20)21-15-34-23(28-21)13-17-12-18(27)10-11-22(17)33-14-16-6-3-2-4-7-16;/h2-12,15H,13-14H2,1H3,(H,29,30);1H. The Morgan fingerprint density at radius 1 is 1.06 bits per heavy atom. The zero-order valence-corrected chi connectivity index (χ0v) is 21.0. The van der Waals surface area contributed by atoms with Crippen LogP contribution in [0.3, 0.4) is 0 Å². The van der Waals surface area contributed by atoms with Crippen molar-refractivity contribution in [3.05, 3.63) is 98.8 Å². The Labute approximate surface area is 217 Å². The third kappa shape index (κ3) is 5.48. The maximum absolute atomic E-state index is 12.1. The van der Waals surface area contributed by atoms with E-state index < -0.39 is 5.97 Å². The Morgan fingerprint density at radius 3 is 2.69 bits per heavy atom. The molecule has 0 radical (unpaired) electrons. The van der Waals surface area contributed by atoms with E-state index in [1.54, 1.807) is 12.1 Å². The monoisotopic (exact) mass is 525 g/mol. The summed E-state index contributed by atoms with van der Waals surface area (Å²) in [4.78, 5) is 24.7. The van der Waals surface area contributed by atoms with E-state index in [-0.39, 0.29) is 12.4 Å². The lowest BCUT2D eigenvalue weighted by atomic mass is 10.1. The highest BCUT2D eigenvalue weighted by atomic mass is 35.5. The van der Waals surface area contributed by atoms with E-state index in [4.69, 9.17) is 26.1 Å². The van der Waals surface area contributed by atoms with Gasteiger partial charge >= 0.3 is 5.97 Å². The average Bonchev–Trinajstić information content (AvgIpc) is 3.50. The van der Waals surface area contributed by atoms with E-state index in [1.807, 2.05) is 60.0 Å². The Morgan fingerprint density at radius 2 is 1.89 bits per heavy atom. The number of hydrogen-bond donors (Lipinski definition) is 1. The van der Waals surface area contributed by atoms with Crippen LogP contribution in [-0.4, -0.2) is 28.0 Å². The number of carbonyl (C=O) groups excluding carboxylic acids is 1. The van der Waals surface area contributed by atoms with Gasteiger partial charge in [0.2, 0.25) is 0 Å². The molecule has 0 bridgehead atoms. The van der Waals surface area contributed by atoms with Crippen LogP contribution in [-0.2, 0) is 17.8 Å². The molecule has 5 rings (SSSR count). The van der Waals surface area contributed by atoms with Crippen LogP contribution in [0.4, 0.5) is 0 Å². The maximum atomic E-state index is 12.1. The van der Waals surface area contributed by atoms with Crippen LogP contribution in [0.2, 0.25) is 5.02 Å². The number of para-hydroxylation sites is 1. The summed E-state index contributed by atoms with van der Waals surface area (Å²) in [6.45, 7) is 0.472. The molecule has 178 valence electrons. The molecule has 2 aromatic heterocycles. The van der Waals surface area contributed by atoms with Gasteiger partial charge in [0.15, 0.2) is 5.82 Å². The summed E-state index contributed by atoms with van der Waals surface area (Å²) in [5, 5.41) is 3.49. The van der Waals surface area contributed by atoms with E-state index in [0.29, 0.717) is 40.6 Å². The van der Waals surface area contributed by atoms with Crippen LogP contribution in [0.15, 0.2) is 72.1 Å². The second kappa shape index (κ2) is 10.9. The number of esters is 1. The minimum Gasteiger partial charge on any atom is -0.489 e. The number of H-pyrrole nitrogens is 1. The predicted octanol–water partition coefficient (Wildman–Crippen LogP) is 6.72. The van der Waals surface area contributed by atoms with Crippen molar-refractivity contribution in [3.8, 4) is 17.3 Å². The molecular formula is C26H21Cl2N3O3S. The molecule has 0 amide bonds. The van der Waals surface area contributed by atoms with Crippen LogP contribution in [0.25, 0.3) is 22.6 Å². The number of thiazole rings is 1. The van der Waals surface area contributed by atoms with Gasteiger partial charge in [0, 0.05) is 22.4 Å². The molecule has 0 unspecified atom stereocenters. The van der Waals surface area contributed by atoms with Crippen molar-refractivity contribution in [1.29, 1.82) is 0 Å². The summed E-state index contributed by atoms with van der Waals surface area (Å²) in [6.07, 6.45) is 0.572. The summed E-state index contributed by atoms with van der Waals surface area (Å²) in [6, 6.07) is 21.0. The molecule has 35 heavy (non-hydrogen) atoms. The van der Waals surface area contributed by atoms with Gasteiger partial charge in [-0.15, -0.1) is 23.7 Å². The van der Waals surface area contributed by atoms with Gasteiger partial charge in [0.05, 0.1) is 23.2 Å². The molecule has 0 spiro atoms. The molecule has 5 aromatic rings. The zero-order valence-electron chi connectivity index (χ0n) is 18.7. The van der Waals surface area contributed by atoms with E-state index in [2.05, 4.69) is 9.97 Å². The van der Waals surface area contributed by atoms with Crippen molar-refractivity contribution in [2.75, 3.05) is 7.11 Å². The number of carbonyl (C=O) groups is 1. The number of aromatic nitrogens is 3. The first kappa shape index (κ1) is 24.7. The average molecular weight is 526 g/mol. The molecule has 9 heteroatoms. The van der Waals surface area contributed by atoms with Crippen LogP contribution in [0.5, 0.6) is 5.75 Å². The van der Waals surface area contributed by atoms with Gasteiger partial charge in [-0.25, -0.2) is 14.8 Å². The van der Waals surface area contributed by atoms with Crippen LogP contribution >= 0.6 is 35.3 Å². The predicted molar refractivity (Wildman–Crippen MR) is 141 cm³/mol. The number of fused-ring (bicyclic) bond motifs is 1.